The minimum absolute atomic E-state index is 0.289. The van der Waals surface area contributed by atoms with Gasteiger partial charge in [0.25, 0.3) is 0 Å². The molecule has 84 valence electrons. The van der Waals surface area contributed by atoms with Gasteiger partial charge in [-0.1, -0.05) is 19.9 Å². The first kappa shape index (κ1) is 14.1. The van der Waals surface area contributed by atoms with Crippen LogP contribution in [-0.2, 0) is 4.74 Å². The highest BCUT2D eigenvalue weighted by atomic mass is 32.1. The van der Waals surface area contributed by atoms with Crippen LogP contribution >= 0.6 is 12.6 Å². The van der Waals surface area contributed by atoms with E-state index in [1.54, 1.807) is 0 Å². The summed E-state index contributed by atoms with van der Waals surface area (Å²) in [5.41, 5.74) is 0.289. The number of allylic oxidation sites excluding steroid dienone is 1. The maximum absolute atomic E-state index is 5.68. The minimum atomic E-state index is 0.289. The van der Waals surface area contributed by atoms with Crippen LogP contribution in [0.5, 0.6) is 0 Å². The van der Waals surface area contributed by atoms with E-state index in [1.165, 1.54) is 0 Å². The molecule has 0 aromatic rings. The van der Waals surface area contributed by atoms with Gasteiger partial charge in [-0.15, -0.1) is 6.58 Å². The van der Waals surface area contributed by atoms with Crippen molar-refractivity contribution in [2.24, 2.45) is 5.41 Å². The Morgan fingerprint density at radius 2 is 2.00 bits per heavy atom. The van der Waals surface area contributed by atoms with Crippen LogP contribution in [0.2, 0.25) is 0 Å². The van der Waals surface area contributed by atoms with Gasteiger partial charge in [-0.3, -0.25) is 0 Å². The number of thiol groups is 1. The number of unbranched alkanes of at least 4 members (excludes halogenated alkanes) is 1. The van der Waals surface area contributed by atoms with Crippen LogP contribution in [0.15, 0.2) is 12.7 Å². The van der Waals surface area contributed by atoms with Crippen molar-refractivity contribution in [1.82, 2.24) is 0 Å². The fraction of sp³-hybridized carbons (Fsp3) is 0.833. The molecule has 0 rings (SSSR count). The molecule has 1 nitrogen and oxygen atoms in total. The summed E-state index contributed by atoms with van der Waals surface area (Å²) in [5, 5.41) is 0. The number of hydrogen-bond donors (Lipinski definition) is 1. The average molecular weight is 216 g/mol. The highest BCUT2D eigenvalue weighted by Gasteiger charge is 2.24. The van der Waals surface area contributed by atoms with E-state index in [-0.39, 0.29) is 5.41 Å². The largest absolute Gasteiger partial charge is 0.381 e. The Labute approximate surface area is 94.3 Å². The molecular formula is C12H24OS. The van der Waals surface area contributed by atoms with Crippen molar-refractivity contribution in [2.45, 2.75) is 39.5 Å². The molecular weight excluding hydrogens is 192 g/mol. The molecule has 14 heavy (non-hydrogen) atoms. The van der Waals surface area contributed by atoms with Crippen LogP contribution in [0.25, 0.3) is 0 Å². The monoisotopic (exact) mass is 216 g/mol. The van der Waals surface area contributed by atoms with Gasteiger partial charge in [0.1, 0.15) is 0 Å². The first-order valence-electron chi connectivity index (χ1n) is 5.54. The normalized spacial score (nSPS) is 11.6. The van der Waals surface area contributed by atoms with Gasteiger partial charge in [-0.05, 0) is 31.4 Å². The molecule has 0 radical (unpaired) electrons. The van der Waals surface area contributed by atoms with E-state index in [2.05, 4.69) is 33.1 Å². The van der Waals surface area contributed by atoms with Crippen LogP contribution in [0.3, 0.4) is 0 Å². The zero-order chi connectivity index (χ0) is 10.9. The highest BCUT2D eigenvalue weighted by Crippen LogP contribution is 2.28. The second-order valence-electron chi connectivity index (χ2n) is 3.85. The Morgan fingerprint density at radius 1 is 1.36 bits per heavy atom. The standard InChI is InChI=1S/C12H24OS/c1-4-7-8-9-13-10-12(5-2,6-3)11-14/h4,14H,1,5-11H2,2-3H3. The van der Waals surface area contributed by atoms with Gasteiger partial charge in [0.05, 0.1) is 6.61 Å². The number of rotatable bonds is 9. The fourth-order valence-corrected chi connectivity index (χ4v) is 1.88. The molecule has 0 aliphatic carbocycles. The predicted octanol–water partition coefficient (Wildman–Crippen LogP) is 3.71. The zero-order valence-electron chi connectivity index (χ0n) is 9.59. The molecule has 2 heteroatoms. The molecule has 0 aromatic carbocycles. The van der Waals surface area contributed by atoms with Crippen molar-refractivity contribution >= 4 is 12.6 Å². The first-order chi connectivity index (χ1) is 6.74. The topological polar surface area (TPSA) is 9.23 Å². The summed E-state index contributed by atoms with van der Waals surface area (Å²) in [4.78, 5) is 0. The lowest BCUT2D eigenvalue weighted by Crippen LogP contribution is -2.27. The van der Waals surface area contributed by atoms with Crippen LogP contribution in [-0.4, -0.2) is 19.0 Å². The molecule has 0 aromatic heterocycles. The molecule has 0 amide bonds. The maximum atomic E-state index is 5.68. The quantitative estimate of drug-likeness (QED) is 0.351. The smallest absolute Gasteiger partial charge is 0.0530 e. The molecule has 0 N–H and O–H groups in total. The molecule has 0 atom stereocenters. The van der Waals surface area contributed by atoms with E-state index >= 15 is 0 Å². The van der Waals surface area contributed by atoms with E-state index in [0.717, 1.165) is 44.6 Å². The second kappa shape index (κ2) is 8.37. The lowest BCUT2D eigenvalue weighted by atomic mass is 9.85. The Hall–Kier alpha value is 0.0500. The van der Waals surface area contributed by atoms with E-state index < -0.39 is 0 Å². The van der Waals surface area contributed by atoms with Gasteiger partial charge in [-0.25, -0.2) is 0 Å². The summed E-state index contributed by atoms with van der Waals surface area (Å²) in [5.74, 6) is 0.918. The molecule has 0 saturated carbocycles. The minimum Gasteiger partial charge on any atom is -0.381 e. The Kier molecular flexibility index (Phi) is 8.40. The molecule has 0 fully saturated rings. The van der Waals surface area contributed by atoms with Gasteiger partial charge in [0.2, 0.25) is 0 Å². The number of ether oxygens (including phenoxy) is 1. The molecule has 0 spiro atoms. The molecule has 0 aliphatic rings. The van der Waals surface area contributed by atoms with Gasteiger partial charge >= 0.3 is 0 Å². The van der Waals surface area contributed by atoms with Crippen LogP contribution in [0.4, 0.5) is 0 Å². The van der Waals surface area contributed by atoms with Gasteiger partial charge in [-0.2, -0.15) is 12.6 Å². The molecule has 0 unspecified atom stereocenters. The van der Waals surface area contributed by atoms with Gasteiger partial charge in [0.15, 0.2) is 0 Å². The summed E-state index contributed by atoms with van der Waals surface area (Å²) in [6, 6.07) is 0. The molecule has 0 aliphatic heterocycles. The molecule has 0 bridgehead atoms. The second-order valence-corrected chi connectivity index (χ2v) is 4.16. The summed E-state index contributed by atoms with van der Waals surface area (Å²) < 4.78 is 5.68. The third-order valence-electron chi connectivity index (χ3n) is 2.94. The summed E-state index contributed by atoms with van der Waals surface area (Å²) in [6.45, 7) is 9.81. The van der Waals surface area contributed by atoms with E-state index in [1.807, 2.05) is 6.08 Å². The van der Waals surface area contributed by atoms with Gasteiger partial charge < -0.3 is 4.74 Å². The maximum Gasteiger partial charge on any atom is 0.0530 e. The third kappa shape index (κ3) is 5.06. The summed E-state index contributed by atoms with van der Waals surface area (Å²) >= 11 is 4.41. The van der Waals surface area contributed by atoms with Crippen molar-refractivity contribution in [3.8, 4) is 0 Å². The fourth-order valence-electron chi connectivity index (χ4n) is 1.34. The summed E-state index contributed by atoms with van der Waals surface area (Å²) in [7, 11) is 0. The molecule has 0 saturated heterocycles. The Bertz CT molecular complexity index is 133. The van der Waals surface area contributed by atoms with E-state index in [4.69, 9.17) is 4.74 Å². The van der Waals surface area contributed by atoms with Crippen LogP contribution in [0.1, 0.15) is 39.5 Å². The van der Waals surface area contributed by atoms with Gasteiger partial charge in [0, 0.05) is 12.0 Å². The lowest BCUT2D eigenvalue weighted by molar-refractivity contribution is 0.0503. The predicted molar refractivity (Wildman–Crippen MR) is 67.1 cm³/mol. The SMILES string of the molecule is C=CCCCOCC(CC)(CC)CS. The van der Waals surface area contributed by atoms with Crippen LogP contribution in [0, 0.1) is 5.41 Å². The van der Waals surface area contributed by atoms with Crippen LogP contribution < -0.4 is 0 Å². The lowest BCUT2D eigenvalue weighted by Gasteiger charge is -2.29. The third-order valence-corrected chi connectivity index (χ3v) is 3.61. The first-order valence-corrected chi connectivity index (χ1v) is 6.17. The van der Waals surface area contributed by atoms with Crippen molar-refractivity contribution < 1.29 is 4.74 Å². The molecule has 0 heterocycles. The highest BCUT2D eigenvalue weighted by molar-refractivity contribution is 7.80. The number of hydrogen-bond acceptors (Lipinski definition) is 2. The van der Waals surface area contributed by atoms with E-state index in [0.29, 0.717) is 0 Å². The van der Waals surface area contributed by atoms with E-state index in [9.17, 15) is 0 Å². The summed E-state index contributed by atoms with van der Waals surface area (Å²) in [6.07, 6.45) is 6.36. The van der Waals surface area contributed by atoms with Crippen molar-refractivity contribution in [2.75, 3.05) is 19.0 Å². The zero-order valence-corrected chi connectivity index (χ0v) is 10.5. The average Bonchev–Trinajstić information content (AvgIpc) is 2.24. The Balaban J connectivity index is 3.65. The van der Waals surface area contributed by atoms with Crippen molar-refractivity contribution in [3.05, 3.63) is 12.7 Å². The van der Waals surface area contributed by atoms with Crippen molar-refractivity contribution in [3.63, 3.8) is 0 Å². The van der Waals surface area contributed by atoms with Crippen molar-refractivity contribution in [1.29, 1.82) is 0 Å². The Morgan fingerprint density at radius 3 is 2.43 bits per heavy atom.